The molecule has 172 valence electrons. The topological polar surface area (TPSA) is 67.1 Å². The molecule has 6 nitrogen and oxygen atoms in total. The third-order valence-corrected chi connectivity index (χ3v) is 4.54. The Hall–Kier alpha value is -2.70. The van der Waals surface area contributed by atoms with Gasteiger partial charge in [-0.15, -0.1) is 24.0 Å². The Labute approximate surface area is 200 Å². The van der Waals surface area contributed by atoms with Crippen molar-refractivity contribution in [1.82, 2.24) is 25.4 Å². The van der Waals surface area contributed by atoms with Crippen LogP contribution in [-0.2, 0) is 19.3 Å². The Kier molecular flexibility index (Phi) is 8.58. The smallest absolute Gasteiger partial charge is 0.352 e. The summed E-state index contributed by atoms with van der Waals surface area (Å²) in [4.78, 5) is 8.42. The van der Waals surface area contributed by atoms with Crippen molar-refractivity contribution in [2.45, 2.75) is 33.1 Å². The maximum absolute atomic E-state index is 13.2. The number of halogens is 5. The number of hydrogen-bond acceptors (Lipinski definition) is 3. The second-order valence-corrected chi connectivity index (χ2v) is 6.94. The zero-order chi connectivity index (χ0) is 22.6. The fourth-order valence-electron chi connectivity index (χ4n) is 3.06. The standard InChI is InChI=1S/C21H22F4N6.HI/c1-13-8-14(2)31(30-13)19-7-4-15(10-27-19)11-28-20(26-3)29-12-16-5-6-17(22)9-18(16)21(23,24)25;/h4-10H,11-12H2,1-3H3,(H2,26,28,29);1H. The van der Waals surface area contributed by atoms with Gasteiger partial charge in [-0.1, -0.05) is 12.1 Å². The molecule has 2 aromatic heterocycles. The molecule has 2 N–H and O–H groups in total. The molecule has 0 aliphatic rings. The number of aromatic nitrogens is 3. The number of aliphatic imine (C=N–C) groups is 1. The molecule has 1 aromatic carbocycles. The van der Waals surface area contributed by atoms with E-state index in [1.165, 1.54) is 7.05 Å². The zero-order valence-corrected chi connectivity index (χ0v) is 20.0. The van der Waals surface area contributed by atoms with Crippen molar-refractivity contribution in [1.29, 1.82) is 0 Å². The van der Waals surface area contributed by atoms with E-state index >= 15 is 0 Å². The van der Waals surface area contributed by atoms with Crippen molar-refractivity contribution in [3.63, 3.8) is 0 Å². The number of aryl methyl sites for hydroxylation is 2. The lowest BCUT2D eigenvalue weighted by molar-refractivity contribution is -0.138. The first-order chi connectivity index (χ1) is 14.7. The van der Waals surface area contributed by atoms with E-state index in [0.29, 0.717) is 24.4 Å². The molecule has 0 bridgehead atoms. The number of rotatable bonds is 5. The summed E-state index contributed by atoms with van der Waals surface area (Å²) in [6.07, 6.45) is -2.96. The third-order valence-electron chi connectivity index (χ3n) is 4.54. The molecule has 2 heterocycles. The number of nitrogens with one attached hydrogen (secondary N) is 2. The van der Waals surface area contributed by atoms with Crippen molar-refractivity contribution in [2.75, 3.05) is 7.05 Å². The molecule has 3 aromatic rings. The minimum absolute atomic E-state index is 0. The monoisotopic (exact) mass is 562 g/mol. The lowest BCUT2D eigenvalue weighted by Crippen LogP contribution is -2.36. The minimum atomic E-state index is -4.64. The summed E-state index contributed by atoms with van der Waals surface area (Å²) in [5.41, 5.74) is 1.63. The Bertz CT molecular complexity index is 1080. The van der Waals surface area contributed by atoms with E-state index in [4.69, 9.17) is 0 Å². The summed E-state index contributed by atoms with van der Waals surface area (Å²) in [6, 6.07) is 8.27. The Morgan fingerprint density at radius 2 is 1.78 bits per heavy atom. The SMILES string of the molecule is CN=C(NCc1ccc(-n2nc(C)cc2C)nc1)NCc1ccc(F)cc1C(F)(F)F.I. The van der Waals surface area contributed by atoms with Gasteiger partial charge in [0, 0.05) is 32.0 Å². The van der Waals surface area contributed by atoms with Gasteiger partial charge in [0.2, 0.25) is 0 Å². The molecule has 0 amide bonds. The van der Waals surface area contributed by atoms with Crippen molar-refractivity contribution in [2.24, 2.45) is 4.99 Å². The summed E-state index contributed by atoms with van der Waals surface area (Å²) in [5, 5.41) is 10.2. The predicted octanol–water partition coefficient (Wildman–Crippen LogP) is 4.53. The van der Waals surface area contributed by atoms with Crippen LogP contribution < -0.4 is 10.6 Å². The highest BCUT2D eigenvalue weighted by Gasteiger charge is 2.33. The van der Waals surface area contributed by atoms with Crippen LogP contribution in [0, 0.1) is 19.7 Å². The molecule has 0 atom stereocenters. The first kappa shape index (κ1) is 25.6. The van der Waals surface area contributed by atoms with Gasteiger partial charge in [-0.3, -0.25) is 4.99 Å². The fraction of sp³-hybridized carbons (Fsp3) is 0.286. The van der Waals surface area contributed by atoms with Gasteiger partial charge in [-0.25, -0.2) is 14.1 Å². The van der Waals surface area contributed by atoms with Crippen molar-refractivity contribution < 1.29 is 17.6 Å². The molecule has 32 heavy (non-hydrogen) atoms. The quantitative estimate of drug-likeness (QED) is 0.208. The summed E-state index contributed by atoms with van der Waals surface area (Å²) in [7, 11) is 1.51. The molecule has 0 unspecified atom stereocenters. The van der Waals surface area contributed by atoms with Crippen LogP contribution in [-0.4, -0.2) is 27.8 Å². The summed E-state index contributed by atoms with van der Waals surface area (Å²) in [5.74, 6) is 0.0583. The van der Waals surface area contributed by atoms with Gasteiger partial charge in [0.15, 0.2) is 11.8 Å². The molecule has 0 fully saturated rings. The average molecular weight is 562 g/mol. The summed E-state index contributed by atoms with van der Waals surface area (Å²) < 4.78 is 54.4. The van der Waals surface area contributed by atoms with E-state index in [9.17, 15) is 17.6 Å². The Balaban J connectivity index is 0.00000363. The Morgan fingerprint density at radius 1 is 1.06 bits per heavy atom. The van der Waals surface area contributed by atoms with Gasteiger partial charge < -0.3 is 10.6 Å². The van der Waals surface area contributed by atoms with E-state index in [2.05, 4.69) is 25.7 Å². The number of pyridine rings is 1. The molecule has 0 aliphatic carbocycles. The van der Waals surface area contributed by atoms with Crippen LogP contribution >= 0.6 is 24.0 Å². The van der Waals surface area contributed by atoms with Crippen LogP contribution in [0.1, 0.15) is 28.1 Å². The second kappa shape index (κ2) is 10.7. The first-order valence-electron chi connectivity index (χ1n) is 9.46. The largest absolute Gasteiger partial charge is 0.416 e. The molecule has 0 saturated carbocycles. The van der Waals surface area contributed by atoms with E-state index in [0.717, 1.165) is 29.1 Å². The maximum Gasteiger partial charge on any atom is 0.416 e. The van der Waals surface area contributed by atoms with E-state index in [-0.39, 0.29) is 36.1 Å². The lowest BCUT2D eigenvalue weighted by atomic mass is 10.1. The minimum Gasteiger partial charge on any atom is -0.352 e. The summed E-state index contributed by atoms with van der Waals surface area (Å²) in [6.45, 7) is 4.05. The number of benzene rings is 1. The lowest BCUT2D eigenvalue weighted by Gasteiger charge is -2.16. The maximum atomic E-state index is 13.2. The van der Waals surface area contributed by atoms with Gasteiger partial charge >= 0.3 is 6.18 Å². The normalized spacial score (nSPS) is 11.8. The highest BCUT2D eigenvalue weighted by molar-refractivity contribution is 14.0. The molecule has 11 heteroatoms. The molecule has 0 saturated heterocycles. The molecular weight excluding hydrogens is 539 g/mol. The van der Waals surface area contributed by atoms with Crippen molar-refractivity contribution in [3.05, 3.63) is 76.5 Å². The van der Waals surface area contributed by atoms with Gasteiger partial charge in [0.1, 0.15) is 5.82 Å². The third kappa shape index (κ3) is 6.40. The molecule has 3 rings (SSSR count). The van der Waals surface area contributed by atoms with Gasteiger partial charge in [0.25, 0.3) is 0 Å². The van der Waals surface area contributed by atoms with Crippen LogP contribution in [0.4, 0.5) is 17.6 Å². The van der Waals surface area contributed by atoms with Crippen LogP contribution in [0.15, 0.2) is 47.6 Å². The van der Waals surface area contributed by atoms with Gasteiger partial charge in [-0.05, 0) is 49.2 Å². The number of alkyl halides is 3. The average Bonchev–Trinajstić information content (AvgIpc) is 3.06. The number of hydrogen-bond donors (Lipinski definition) is 2. The van der Waals surface area contributed by atoms with Crippen molar-refractivity contribution >= 4 is 29.9 Å². The molecule has 0 aliphatic heterocycles. The highest BCUT2D eigenvalue weighted by atomic mass is 127. The van der Waals surface area contributed by atoms with E-state index in [1.54, 1.807) is 10.9 Å². The molecular formula is C21H23F4IN6. The van der Waals surface area contributed by atoms with Crippen LogP contribution in [0.2, 0.25) is 0 Å². The van der Waals surface area contributed by atoms with Crippen molar-refractivity contribution in [3.8, 4) is 5.82 Å². The van der Waals surface area contributed by atoms with E-state index < -0.39 is 17.6 Å². The van der Waals surface area contributed by atoms with Crippen LogP contribution in [0.3, 0.4) is 0 Å². The van der Waals surface area contributed by atoms with Crippen LogP contribution in [0.5, 0.6) is 0 Å². The number of guanidine groups is 1. The van der Waals surface area contributed by atoms with Crippen LogP contribution in [0.25, 0.3) is 5.82 Å². The van der Waals surface area contributed by atoms with Gasteiger partial charge in [0.05, 0.1) is 11.3 Å². The fourth-order valence-corrected chi connectivity index (χ4v) is 3.06. The zero-order valence-electron chi connectivity index (χ0n) is 17.7. The highest BCUT2D eigenvalue weighted by Crippen LogP contribution is 2.32. The number of nitrogens with zero attached hydrogens (tertiary/aromatic N) is 4. The van der Waals surface area contributed by atoms with E-state index in [1.807, 2.05) is 32.0 Å². The van der Waals surface area contributed by atoms with Gasteiger partial charge in [-0.2, -0.15) is 18.3 Å². The molecule has 0 spiro atoms. The molecule has 0 radical (unpaired) electrons. The predicted molar refractivity (Wildman–Crippen MR) is 125 cm³/mol. The second-order valence-electron chi connectivity index (χ2n) is 6.94. The first-order valence-corrected chi connectivity index (χ1v) is 9.46. The summed E-state index contributed by atoms with van der Waals surface area (Å²) >= 11 is 0. The Morgan fingerprint density at radius 3 is 2.34 bits per heavy atom.